The van der Waals surface area contributed by atoms with Gasteiger partial charge in [0.15, 0.2) is 0 Å². The molecule has 0 radical (unpaired) electrons. The summed E-state index contributed by atoms with van der Waals surface area (Å²) in [6.07, 6.45) is -5.85. The van der Waals surface area contributed by atoms with E-state index in [-0.39, 0.29) is 27.0 Å². The number of carbonyl (C=O) groups is 1. The van der Waals surface area contributed by atoms with Crippen molar-refractivity contribution >= 4 is 40.9 Å². The Hall–Kier alpha value is -1.60. The average Bonchev–Trinajstić information content (AvgIpc) is 2.44. The van der Waals surface area contributed by atoms with Gasteiger partial charge < -0.3 is 15.2 Å². The first-order chi connectivity index (χ1) is 10.7. The van der Waals surface area contributed by atoms with Gasteiger partial charge in [-0.15, -0.1) is 0 Å². The first kappa shape index (κ1) is 17.7. The van der Waals surface area contributed by atoms with Crippen LogP contribution in [0.4, 0.5) is 18.9 Å². The van der Waals surface area contributed by atoms with E-state index in [1.165, 1.54) is 6.07 Å². The fourth-order valence-electron chi connectivity index (χ4n) is 2.10. The van der Waals surface area contributed by atoms with Gasteiger partial charge in [-0.25, -0.2) is 4.79 Å². The highest BCUT2D eigenvalue weighted by Gasteiger charge is 2.49. The molecule has 0 fully saturated rings. The number of carboxylic acid groups (broad SMARTS) is 1. The number of hydrogen-bond donors (Lipinski definition) is 2. The molecule has 1 atom stereocenters. The van der Waals surface area contributed by atoms with Crippen LogP contribution in [0.15, 0.2) is 11.6 Å². The van der Waals surface area contributed by atoms with Crippen LogP contribution >= 0.6 is 23.2 Å². The minimum atomic E-state index is -4.89. The Bertz CT molecular complexity index is 674. The van der Waals surface area contributed by atoms with E-state index in [0.717, 1.165) is 12.5 Å². The molecular formula is C14H12Cl2F3NO3. The van der Waals surface area contributed by atoms with Gasteiger partial charge in [0, 0.05) is 12.1 Å². The van der Waals surface area contributed by atoms with Gasteiger partial charge in [-0.2, -0.15) is 13.2 Å². The van der Waals surface area contributed by atoms with Crippen LogP contribution in [0.1, 0.15) is 18.9 Å². The number of rotatable bonds is 4. The van der Waals surface area contributed by atoms with Gasteiger partial charge in [-0.3, -0.25) is 0 Å². The van der Waals surface area contributed by atoms with Gasteiger partial charge in [-0.05, 0) is 18.6 Å². The lowest BCUT2D eigenvalue weighted by Gasteiger charge is -2.28. The lowest BCUT2D eigenvalue weighted by Crippen LogP contribution is -2.40. The maximum absolute atomic E-state index is 13.0. The minimum absolute atomic E-state index is 0.0833. The number of benzene rings is 1. The Kier molecular flexibility index (Phi) is 5.01. The van der Waals surface area contributed by atoms with Gasteiger partial charge in [0.1, 0.15) is 10.8 Å². The highest BCUT2D eigenvalue weighted by Crippen LogP contribution is 2.46. The molecule has 2 rings (SSSR count). The van der Waals surface area contributed by atoms with Crippen molar-refractivity contribution < 1.29 is 27.8 Å². The Morgan fingerprint density at radius 1 is 1.43 bits per heavy atom. The smallest absolute Gasteiger partial charge is 0.430 e. The van der Waals surface area contributed by atoms with Gasteiger partial charge in [0.05, 0.1) is 16.3 Å². The summed E-state index contributed by atoms with van der Waals surface area (Å²) in [5, 5.41) is 11.9. The zero-order valence-electron chi connectivity index (χ0n) is 11.8. The van der Waals surface area contributed by atoms with E-state index >= 15 is 0 Å². The summed E-state index contributed by atoms with van der Waals surface area (Å²) in [5.74, 6) is -1.97. The lowest BCUT2D eigenvalue weighted by molar-refractivity contribution is -0.187. The number of fused-ring (bicyclic) bond motifs is 1. The highest BCUT2D eigenvalue weighted by molar-refractivity contribution is 6.40. The molecule has 1 unspecified atom stereocenters. The van der Waals surface area contributed by atoms with Crippen molar-refractivity contribution in [3.05, 3.63) is 27.2 Å². The monoisotopic (exact) mass is 369 g/mol. The molecule has 1 heterocycles. The zero-order valence-corrected chi connectivity index (χ0v) is 13.3. The molecule has 0 saturated heterocycles. The fraction of sp³-hybridized carbons (Fsp3) is 0.357. The number of anilines is 1. The number of hydrogen-bond acceptors (Lipinski definition) is 3. The summed E-state index contributed by atoms with van der Waals surface area (Å²) in [7, 11) is 0. The summed E-state index contributed by atoms with van der Waals surface area (Å²) in [4.78, 5) is 11.1. The Balaban J connectivity index is 2.57. The Labute approximate surface area is 139 Å². The van der Waals surface area contributed by atoms with E-state index in [9.17, 15) is 18.0 Å². The number of nitrogens with one attached hydrogen (secondary N) is 1. The van der Waals surface area contributed by atoms with Crippen molar-refractivity contribution in [2.45, 2.75) is 25.6 Å². The fourth-order valence-corrected chi connectivity index (χ4v) is 2.75. The second-order valence-electron chi connectivity index (χ2n) is 4.84. The second kappa shape index (κ2) is 6.49. The molecule has 126 valence electrons. The normalized spacial score (nSPS) is 17.1. The third-order valence-corrected chi connectivity index (χ3v) is 3.79. The average molecular weight is 370 g/mol. The molecule has 0 amide bonds. The molecule has 0 aliphatic carbocycles. The second-order valence-corrected chi connectivity index (χ2v) is 5.62. The van der Waals surface area contributed by atoms with Crippen molar-refractivity contribution in [2.75, 3.05) is 11.9 Å². The zero-order chi connectivity index (χ0) is 17.4. The third-order valence-electron chi connectivity index (χ3n) is 3.13. The molecular weight excluding hydrogens is 358 g/mol. The van der Waals surface area contributed by atoms with Crippen LogP contribution in [0.5, 0.6) is 5.75 Å². The topological polar surface area (TPSA) is 58.6 Å². The molecule has 4 nitrogen and oxygen atoms in total. The van der Waals surface area contributed by atoms with E-state index in [0.29, 0.717) is 6.54 Å². The lowest BCUT2D eigenvalue weighted by atomic mass is 10.0. The van der Waals surface area contributed by atoms with Crippen molar-refractivity contribution in [3.63, 3.8) is 0 Å². The van der Waals surface area contributed by atoms with Crippen LogP contribution in [0.2, 0.25) is 10.0 Å². The van der Waals surface area contributed by atoms with Crippen LogP contribution in [0.3, 0.4) is 0 Å². The van der Waals surface area contributed by atoms with Crippen LogP contribution in [0, 0.1) is 0 Å². The maximum atomic E-state index is 13.0. The quantitative estimate of drug-likeness (QED) is 0.813. The molecule has 1 aromatic carbocycles. The SMILES string of the molecule is CCCNc1c(Cl)cc2c(c1Cl)OC(C(F)(F)F)C(C(=O)O)=C2. The third kappa shape index (κ3) is 3.50. The first-order valence-corrected chi connectivity index (χ1v) is 7.36. The molecule has 1 aliphatic rings. The predicted octanol–water partition coefficient (Wildman–Crippen LogP) is 4.61. The highest BCUT2D eigenvalue weighted by atomic mass is 35.5. The minimum Gasteiger partial charge on any atom is -0.478 e. The summed E-state index contributed by atoms with van der Waals surface area (Å²) in [6, 6.07) is 1.32. The van der Waals surface area contributed by atoms with Crippen LogP contribution in [-0.4, -0.2) is 29.9 Å². The molecule has 9 heteroatoms. The largest absolute Gasteiger partial charge is 0.478 e. The molecule has 2 N–H and O–H groups in total. The maximum Gasteiger partial charge on any atom is 0.430 e. The van der Waals surface area contributed by atoms with Gasteiger partial charge in [-0.1, -0.05) is 30.1 Å². The van der Waals surface area contributed by atoms with Gasteiger partial charge >= 0.3 is 12.1 Å². The summed E-state index contributed by atoms with van der Waals surface area (Å²) < 4.78 is 44.0. The Morgan fingerprint density at radius 3 is 2.61 bits per heavy atom. The van der Waals surface area contributed by atoms with E-state index in [4.69, 9.17) is 33.0 Å². The standard InChI is InChI=1S/C14H12Cl2F3NO3/c1-2-3-20-10-8(15)5-6-4-7(13(21)22)12(14(17,18)19)23-11(6)9(10)16/h4-5,12,20H,2-3H2,1H3,(H,21,22). The van der Waals surface area contributed by atoms with Crippen molar-refractivity contribution in [1.29, 1.82) is 0 Å². The number of halogens is 5. The summed E-state index contributed by atoms with van der Waals surface area (Å²) in [6.45, 7) is 2.41. The summed E-state index contributed by atoms with van der Waals surface area (Å²) >= 11 is 12.1. The van der Waals surface area contributed by atoms with Crippen molar-refractivity contribution in [2.24, 2.45) is 0 Å². The van der Waals surface area contributed by atoms with Crippen LogP contribution in [0.25, 0.3) is 6.08 Å². The van der Waals surface area contributed by atoms with Crippen molar-refractivity contribution in [3.8, 4) is 5.75 Å². The number of alkyl halides is 3. The number of carboxylic acids is 1. The van der Waals surface area contributed by atoms with Gasteiger partial charge in [0.2, 0.25) is 6.10 Å². The van der Waals surface area contributed by atoms with E-state index in [1.807, 2.05) is 6.92 Å². The molecule has 1 aromatic rings. The molecule has 0 bridgehead atoms. The number of ether oxygens (including phenoxy) is 1. The van der Waals surface area contributed by atoms with Gasteiger partial charge in [0.25, 0.3) is 0 Å². The van der Waals surface area contributed by atoms with E-state index < -0.39 is 23.8 Å². The van der Waals surface area contributed by atoms with Crippen LogP contribution < -0.4 is 10.1 Å². The number of aliphatic carboxylic acids is 1. The predicted molar refractivity (Wildman–Crippen MR) is 81.3 cm³/mol. The molecule has 0 aromatic heterocycles. The van der Waals surface area contributed by atoms with Crippen LogP contribution in [-0.2, 0) is 4.79 Å². The molecule has 1 aliphatic heterocycles. The molecule has 0 saturated carbocycles. The summed E-state index contributed by atoms with van der Waals surface area (Å²) in [5.41, 5.74) is -0.589. The molecule has 23 heavy (non-hydrogen) atoms. The first-order valence-electron chi connectivity index (χ1n) is 6.61. The Morgan fingerprint density at radius 2 is 2.09 bits per heavy atom. The van der Waals surface area contributed by atoms with E-state index in [2.05, 4.69) is 5.32 Å². The van der Waals surface area contributed by atoms with Crippen molar-refractivity contribution in [1.82, 2.24) is 0 Å². The molecule has 0 spiro atoms. The van der Waals surface area contributed by atoms with E-state index in [1.54, 1.807) is 0 Å².